The van der Waals surface area contributed by atoms with Crippen LogP contribution in [0.3, 0.4) is 0 Å². The lowest BCUT2D eigenvalue weighted by Gasteiger charge is -2.21. The fraction of sp³-hybridized carbons (Fsp3) is 0.500. The average molecular weight is 153 g/mol. The third-order valence-corrected chi connectivity index (χ3v) is 3.02. The second-order valence-electron chi connectivity index (χ2n) is 2.59. The van der Waals surface area contributed by atoms with Crippen LogP contribution in [0, 0.1) is 0 Å². The van der Waals surface area contributed by atoms with Gasteiger partial charge in [0, 0.05) is 6.54 Å². The van der Waals surface area contributed by atoms with E-state index in [1.165, 1.54) is 29.2 Å². The second kappa shape index (κ2) is 2.70. The van der Waals surface area contributed by atoms with Crippen molar-refractivity contribution in [2.45, 2.75) is 12.8 Å². The van der Waals surface area contributed by atoms with E-state index in [4.69, 9.17) is 0 Å². The molecule has 54 valence electrons. The molecule has 2 heteroatoms. The van der Waals surface area contributed by atoms with Gasteiger partial charge < -0.3 is 5.32 Å². The quantitative estimate of drug-likeness (QED) is 0.570. The van der Waals surface area contributed by atoms with Gasteiger partial charge >= 0.3 is 0 Å². The zero-order valence-corrected chi connectivity index (χ0v) is 6.71. The molecule has 0 aromatic heterocycles. The van der Waals surface area contributed by atoms with Gasteiger partial charge in [0.1, 0.15) is 0 Å². The molecule has 2 heterocycles. The van der Waals surface area contributed by atoms with E-state index in [9.17, 15) is 0 Å². The predicted octanol–water partition coefficient (Wildman–Crippen LogP) is 1.88. The molecule has 0 amide bonds. The molecule has 1 N–H and O–H groups in total. The van der Waals surface area contributed by atoms with Gasteiger partial charge in [0.05, 0.1) is 5.03 Å². The van der Waals surface area contributed by atoms with Crippen LogP contribution in [0.25, 0.3) is 0 Å². The SMILES string of the molecule is C1=CC2=C(NC1)SCCC2. The van der Waals surface area contributed by atoms with Crippen molar-refractivity contribution >= 4 is 11.8 Å². The van der Waals surface area contributed by atoms with Crippen molar-refractivity contribution in [1.29, 1.82) is 0 Å². The lowest BCUT2D eigenvalue weighted by Crippen LogP contribution is -2.18. The van der Waals surface area contributed by atoms with Crippen LogP contribution in [0.2, 0.25) is 0 Å². The van der Waals surface area contributed by atoms with E-state index in [-0.39, 0.29) is 0 Å². The van der Waals surface area contributed by atoms with Gasteiger partial charge in [0.15, 0.2) is 0 Å². The summed E-state index contributed by atoms with van der Waals surface area (Å²) in [5, 5.41) is 4.80. The summed E-state index contributed by atoms with van der Waals surface area (Å²) in [4.78, 5) is 0. The standard InChI is InChI=1S/C8H11NS/c1-3-7-4-2-6-10-8(7)9-5-1/h1,3,9H,2,4-6H2. The maximum Gasteiger partial charge on any atom is 0.0716 e. The van der Waals surface area contributed by atoms with Gasteiger partial charge in [-0.2, -0.15) is 0 Å². The summed E-state index contributed by atoms with van der Waals surface area (Å²) in [6, 6.07) is 0. The monoisotopic (exact) mass is 153 g/mol. The van der Waals surface area contributed by atoms with Crippen molar-refractivity contribution < 1.29 is 0 Å². The van der Waals surface area contributed by atoms with Crippen LogP contribution in [-0.4, -0.2) is 12.3 Å². The fourth-order valence-corrected chi connectivity index (χ4v) is 2.35. The number of rotatable bonds is 0. The molecule has 0 aliphatic carbocycles. The Bertz CT molecular complexity index is 193. The zero-order valence-electron chi connectivity index (χ0n) is 5.89. The first-order valence-corrected chi connectivity index (χ1v) is 4.72. The molecule has 0 aromatic carbocycles. The Morgan fingerprint density at radius 2 is 2.50 bits per heavy atom. The number of hydrogen-bond donors (Lipinski definition) is 1. The van der Waals surface area contributed by atoms with Gasteiger partial charge in [0.25, 0.3) is 0 Å². The fourth-order valence-electron chi connectivity index (χ4n) is 1.32. The summed E-state index contributed by atoms with van der Waals surface area (Å²) in [5.41, 5.74) is 1.52. The third-order valence-electron chi connectivity index (χ3n) is 1.83. The number of allylic oxidation sites excluding steroid dienone is 2. The minimum atomic E-state index is 1.02. The molecule has 2 rings (SSSR count). The molecule has 1 nitrogen and oxygen atoms in total. The van der Waals surface area contributed by atoms with E-state index in [1.54, 1.807) is 0 Å². The van der Waals surface area contributed by atoms with Crippen molar-refractivity contribution in [3.8, 4) is 0 Å². The molecule has 0 saturated carbocycles. The largest absolute Gasteiger partial charge is 0.376 e. The highest BCUT2D eigenvalue weighted by molar-refractivity contribution is 8.03. The summed E-state index contributed by atoms with van der Waals surface area (Å²) in [5.74, 6) is 1.29. The Morgan fingerprint density at radius 3 is 3.40 bits per heavy atom. The van der Waals surface area contributed by atoms with Crippen LogP contribution < -0.4 is 5.32 Å². The summed E-state index contributed by atoms with van der Waals surface area (Å²) < 4.78 is 0. The van der Waals surface area contributed by atoms with Gasteiger partial charge in [-0.3, -0.25) is 0 Å². The van der Waals surface area contributed by atoms with Crippen LogP contribution in [0.1, 0.15) is 12.8 Å². The summed E-state index contributed by atoms with van der Waals surface area (Å²) in [6.45, 7) is 1.02. The van der Waals surface area contributed by atoms with Gasteiger partial charge in [0.2, 0.25) is 0 Å². The molecule has 2 aliphatic rings. The first kappa shape index (κ1) is 6.35. The molecule has 10 heavy (non-hydrogen) atoms. The normalized spacial score (nSPS) is 24.0. The van der Waals surface area contributed by atoms with E-state index < -0.39 is 0 Å². The molecule has 0 unspecified atom stereocenters. The lowest BCUT2D eigenvalue weighted by atomic mass is 10.1. The molecular formula is C8H11NS. The highest BCUT2D eigenvalue weighted by Crippen LogP contribution is 2.29. The second-order valence-corrected chi connectivity index (χ2v) is 3.69. The summed E-state index contributed by atoms with van der Waals surface area (Å²) >= 11 is 1.96. The molecule has 0 radical (unpaired) electrons. The van der Waals surface area contributed by atoms with Crippen LogP contribution >= 0.6 is 11.8 Å². The van der Waals surface area contributed by atoms with Crippen LogP contribution in [0.4, 0.5) is 0 Å². The molecule has 0 spiro atoms. The van der Waals surface area contributed by atoms with Crippen LogP contribution in [0.5, 0.6) is 0 Å². The Kier molecular flexibility index (Phi) is 1.72. The Hall–Kier alpha value is -0.370. The van der Waals surface area contributed by atoms with E-state index in [1.807, 2.05) is 11.8 Å². The average Bonchev–Trinajstić information content (AvgIpc) is 2.05. The van der Waals surface area contributed by atoms with E-state index >= 15 is 0 Å². The Morgan fingerprint density at radius 1 is 1.50 bits per heavy atom. The number of thioether (sulfide) groups is 1. The number of dihydropyridines is 1. The van der Waals surface area contributed by atoms with Crippen molar-refractivity contribution in [1.82, 2.24) is 5.32 Å². The van der Waals surface area contributed by atoms with Gasteiger partial charge in [-0.15, -0.1) is 11.8 Å². The Balaban J connectivity index is 2.23. The predicted molar refractivity (Wildman–Crippen MR) is 45.9 cm³/mol. The van der Waals surface area contributed by atoms with Crippen molar-refractivity contribution in [2.75, 3.05) is 12.3 Å². The first-order valence-electron chi connectivity index (χ1n) is 3.73. The van der Waals surface area contributed by atoms with E-state index in [0.29, 0.717) is 0 Å². The molecule has 0 atom stereocenters. The molecular weight excluding hydrogens is 142 g/mol. The number of hydrogen-bond acceptors (Lipinski definition) is 2. The van der Waals surface area contributed by atoms with Gasteiger partial charge in [-0.25, -0.2) is 0 Å². The van der Waals surface area contributed by atoms with Crippen molar-refractivity contribution in [3.63, 3.8) is 0 Å². The molecule has 2 aliphatic heterocycles. The van der Waals surface area contributed by atoms with Gasteiger partial charge in [-0.1, -0.05) is 12.2 Å². The minimum absolute atomic E-state index is 1.02. The minimum Gasteiger partial charge on any atom is -0.376 e. The zero-order chi connectivity index (χ0) is 6.81. The highest BCUT2D eigenvalue weighted by Gasteiger charge is 2.12. The smallest absolute Gasteiger partial charge is 0.0716 e. The molecule has 0 fully saturated rings. The van der Waals surface area contributed by atoms with Crippen LogP contribution in [0.15, 0.2) is 22.8 Å². The maximum absolute atomic E-state index is 3.38. The molecule has 0 aromatic rings. The van der Waals surface area contributed by atoms with E-state index in [0.717, 1.165) is 6.54 Å². The van der Waals surface area contributed by atoms with E-state index in [2.05, 4.69) is 17.5 Å². The molecule has 0 bridgehead atoms. The van der Waals surface area contributed by atoms with Crippen molar-refractivity contribution in [3.05, 3.63) is 22.8 Å². The highest BCUT2D eigenvalue weighted by atomic mass is 32.2. The maximum atomic E-state index is 3.38. The lowest BCUT2D eigenvalue weighted by molar-refractivity contribution is 0.850. The van der Waals surface area contributed by atoms with Gasteiger partial charge in [-0.05, 0) is 24.2 Å². The number of nitrogens with one attached hydrogen (secondary N) is 1. The van der Waals surface area contributed by atoms with Crippen molar-refractivity contribution in [2.24, 2.45) is 0 Å². The third kappa shape index (κ3) is 1.08. The summed E-state index contributed by atoms with van der Waals surface area (Å²) in [6.07, 6.45) is 7.07. The topological polar surface area (TPSA) is 12.0 Å². The first-order chi connectivity index (χ1) is 4.97. The molecule has 0 saturated heterocycles. The summed E-state index contributed by atoms with van der Waals surface area (Å²) in [7, 11) is 0. The van der Waals surface area contributed by atoms with Crippen LogP contribution in [-0.2, 0) is 0 Å². The Labute approximate surface area is 65.6 Å².